The first-order valence-electron chi connectivity index (χ1n) is 8.07. The lowest BCUT2D eigenvalue weighted by Crippen LogP contribution is -2.51. The number of sulfone groups is 1. The Hall–Kier alpha value is -1.12. The fraction of sp³-hybridized carbons (Fsp3) is 0.733. The van der Waals surface area contributed by atoms with E-state index in [4.69, 9.17) is 5.73 Å². The SMILES string of the molecule is CCS(=O)(=O)CCn1ccc(NC(=O)C2CCCCC2(C)N)n1.Cl. The summed E-state index contributed by atoms with van der Waals surface area (Å²) < 4.78 is 24.6. The van der Waals surface area contributed by atoms with Crippen molar-refractivity contribution >= 4 is 34.0 Å². The van der Waals surface area contributed by atoms with Gasteiger partial charge in [-0.1, -0.05) is 19.8 Å². The van der Waals surface area contributed by atoms with E-state index in [0.717, 1.165) is 25.7 Å². The van der Waals surface area contributed by atoms with Gasteiger partial charge in [0.25, 0.3) is 0 Å². The highest BCUT2D eigenvalue weighted by atomic mass is 35.5. The molecule has 2 rings (SSSR count). The van der Waals surface area contributed by atoms with Gasteiger partial charge in [-0.05, 0) is 19.8 Å². The maximum absolute atomic E-state index is 12.4. The van der Waals surface area contributed by atoms with E-state index >= 15 is 0 Å². The number of nitrogens with two attached hydrogens (primary N) is 1. The topological polar surface area (TPSA) is 107 Å². The number of hydrogen-bond acceptors (Lipinski definition) is 5. The molecule has 0 saturated heterocycles. The average Bonchev–Trinajstić information content (AvgIpc) is 2.92. The molecule has 0 bridgehead atoms. The molecule has 0 radical (unpaired) electrons. The highest BCUT2D eigenvalue weighted by molar-refractivity contribution is 7.91. The normalized spacial score (nSPS) is 24.2. The molecule has 1 aliphatic rings. The molecule has 1 heterocycles. The van der Waals surface area contributed by atoms with Gasteiger partial charge in [-0.15, -0.1) is 12.4 Å². The summed E-state index contributed by atoms with van der Waals surface area (Å²) in [5.74, 6) is 0.268. The number of hydrogen-bond donors (Lipinski definition) is 2. The van der Waals surface area contributed by atoms with Crippen molar-refractivity contribution in [1.29, 1.82) is 0 Å². The van der Waals surface area contributed by atoms with Crippen LogP contribution in [0.1, 0.15) is 39.5 Å². The minimum Gasteiger partial charge on any atom is -0.325 e. The third-order valence-electron chi connectivity index (χ3n) is 4.53. The third-order valence-corrected chi connectivity index (χ3v) is 6.22. The van der Waals surface area contributed by atoms with Crippen LogP contribution in [0.4, 0.5) is 5.82 Å². The number of halogens is 1. The molecule has 9 heteroatoms. The van der Waals surface area contributed by atoms with Gasteiger partial charge in [-0.2, -0.15) is 5.10 Å². The summed E-state index contributed by atoms with van der Waals surface area (Å²) in [6, 6.07) is 1.67. The smallest absolute Gasteiger partial charge is 0.230 e. The van der Waals surface area contributed by atoms with Gasteiger partial charge in [0.2, 0.25) is 5.91 Å². The van der Waals surface area contributed by atoms with E-state index in [1.54, 1.807) is 19.2 Å². The zero-order valence-corrected chi connectivity index (χ0v) is 15.8. The van der Waals surface area contributed by atoms with Crippen molar-refractivity contribution < 1.29 is 13.2 Å². The van der Waals surface area contributed by atoms with Crippen molar-refractivity contribution in [2.75, 3.05) is 16.8 Å². The molecule has 1 aromatic rings. The Bertz CT molecular complexity index is 657. The van der Waals surface area contributed by atoms with Crippen LogP contribution in [0.25, 0.3) is 0 Å². The number of rotatable bonds is 6. The standard InChI is InChI=1S/C15H26N4O3S.ClH/c1-3-23(21,22)11-10-19-9-7-13(18-19)17-14(20)12-6-4-5-8-15(12,2)16;/h7,9,12H,3-6,8,10-11,16H2,1-2H3,(H,17,18,20);1H. The minimum absolute atomic E-state index is 0. The molecule has 1 amide bonds. The Morgan fingerprint density at radius 2 is 2.21 bits per heavy atom. The molecular weight excluding hydrogens is 352 g/mol. The highest BCUT2D eigenvalue weighted by Gasteiger charge is 2.37. The summed E-state index contributed by atoms with van der Waals surface area (Å²) in [6.07, 6.45) is 5.36. The minimum atomic E-state index is -3.03. The van der Waals surface area contributed by atoms with Crippen LogP contribution in [0.3, 0.4) is 0 Å². The number of amides is 1. The summed E-state index contributed by atoms with van der Waals surface area (Å²) in [5.41, 5.74) is 5.75. The first kappa shape index (κ1) is 20.9. The number of aromatic nitrogens is 2. The van der Waals surface area contributed by atoms with Gasteiger partial charge in [0.1, 0.15) is 0 Å². The van der Waals surface area contributed by atoms with Crippen LogP contribution in [0.5, 0.6) is 0 Å². The second-order valence-electron chi connectivity index (χ2n) is 6.49. The lowest BCUT2D eigenvalue weighted by molar-refractivity contribution is -0.122. The molecule has 138 valence electrons. The number of carbonyl (C=O) groups excluding carboxylic acids is 1. The van der Waals surface area contributed by atoms with Gasteiger partial charge in [0.05, 0.1) is 18.2 Å². The first-order valence-corrected chi connectivity index (χ1v) is 9.89. The van der Waals surface area contributed by atoms with E-state index in [2.05, 4.69) is 10.4 Å². The zero-order valence-electron chi connectivity index (χ0n) is 14.2. The lowest BCUT2D eigenvalue weighted by atomic mass is 9.74. The molecule has 0 aromatic carbocycles. The van der Waals surface area contributed by atoms with Crippen molar-refractivity contribution in [3.05, 3.63) is 12.3 Å². The lowest BCUT2D eigenvalue weighted by Gasteiger charge is -2.37. The van der Waals surface area contributed by atoms with Gasteiger partial charge >= 0.3 is 0 Å². The fourth-order valence-electron chi connectivity index (χ4n) is 2.93. The summed E-state index contributed by atoms with van der Waals surface area (Å²) >= 11 is 0. The predicted molar refractivity (Wildman–Crippen MR) is 97.0 cm³/mol. The average molecular weight is 379 g/mol. The summed E-state index contributed by atoms with van der Waals surface area (Å²) in [7, 11) is -3.03. The van der Waals surface area contributed by atoms with Gasteiger partial charge in [-0.3, -0.25) is 9.48 Å². The van der Waals surface area contributed by atoms with Gasteiger partial charge in [0.15, 0.2) is 15.7 Å². The van der Waals surface area contributed by atoms with Gasteiger partial charge in [0, 0.05) is 23.6 Å². The van der Waals surface area contributed by atoms with Crippen molar-refractivity contribution in [1.82, 2.24) is 9.78 Å². The van der Waals surface area contributed by atoms with E-state index in [0.29, 0.717) is 5.82 Å². The Morgan fingerprint density at radius 3 is 2.83 bits per heavy atom. The molecule has 1 aromatic heterocycles. The molecular formula is C15H27ClN4O3S. The van der Waals surface area contributed by atoms with Crippen LogP contribution < -0.4 is 11.1 Å². The summed E-state index contributed by atoms with van der Waals surface area (Å²) in [6.45, 7) is 3.83. The molecule has 1 saturated carbocycles. The second kappa shape index (κ2) is 8.31. The number of carbonyl (C=O) groups is 1. The van der Waals surface area contributed by atoms with E-state index < -0.39 is 15.4 Å². The molecule has 2 atom stereocenters. The Labute approximate surface area is 149 Å². The van der Waals surface area contributed by atoms with E-state index in [1.807, 2.05) is 6.92 Å². The highest BCUT2D eigenvalue weighted by Crippen LogP contribution is 2.32. The Morgan fingerprint density at radius 1 is 1.50 bits per heavy atom. The molecule has 1 fully saturated rings. The van der Waals surface area contributed by atoms with E-state index in [-0.39, 0.29) is 42.3 Å². The van der Waals surface area contributed by atoms with Crippen LogP contribution in [-0.4, -0.2) is 41.2 Å². The van der Waals surface area contributed by atoms with Crippen molar-refractivity contribution in [3.8, 4) is 0 Å². The van der Waals surface area contributed by atoms with Crippen LogP contribution in [0.2, 0.25) is 0 Å². The number of anilines is 1. The van der Waals surface area contributed by atoms with Crippen LogP contribution in [0, 0.1) is 5.92 Å². The number of nitrogens with zero attached hydrogens (tertiary/aromatic N) is 2. The summed E-state index contributed by atoms with van der Waals surface area (Å²) in [5, 5.41) is 7.01. The molecule has 2 unspecified atom stereocenters. The third kappa shape index (κ3) is 5.46. The van der Waals surface area contributed by atoms with Crippen LogP contribution in [-0.2, 0) is 21.2 Å². The Balaban J connectivity index is 0.00000288. The van der Waals surface area contributed by atoms with Crippen LogP contribution >= 0.6 is 12.4 Å². The van der Waals surface area contributed by atoms with Crippen molar-refractivity contribution in [3.63, 3.8) is 0 Å². The first-order chi connectivity index (χ1) is 10.7. The quantitative estimate of drug-likeness (QED) is 0.781. The molecule has 0 aliphatic heterocycles. The van der Waals surface area contributed by atoms with E-state index in [1.165, 1.54) is 4.68 Å². The fourth-order valence-corrected chi connectivity index (χ4v) is 3.69. The van der Waals surface area contributed by atoms with Gasteiger partial charge in [-0.25, -0.2) is 8.42 Å². The number of aryl methyl sites for hydroxylation is 1. The second-order valence-corrected chi connectivity index (χ2v) is 8.97. The maximum atomic E-state index is 12.4. The Kier molecular flexibility index (Phi) is 7.25. The van der Waals surface area contributed by atoms with E-state index in [9.17, 15) is 13.2 Å². The maximum Gasteiger partial charge on any atom is 0.230 e. The zero-order chi connectivity index (χ0) is 17.1. The molecule has 7 nitrogen and oxygen atoms in total. The number of nitrogens with one attached hydrogen (secondary N) is 1. The molecule has 0 spiro atoms. The van der Waals surface area contributed by atoms with Crippen LogP contribution in [0.15, 0.2) is 12.3 Å². The monoisotopic (exact) mass is 378 g/mol. The molecule has 3 N–H and O–H groups in total. The van der Waals surface area contributed by atoms with Gasteiger partial charge < -0.3 is 11.1 Å². The van der Waals surface area contributed by atoms with Crippen molar-refractivity contribution in [2.24, 2.45) is 11.7 Å². The largest absolute Gasteiger partial charge is 0.325 e. The predicted octanol–water partition coefficient (Wildman–Crippen LogP) is 1.59. The molecule has 24 heavy (non-hydrogen) atoms. The molecule has 1 aliphatic carbocycles. The summed E-state index contributed by atoms with van der Waals surface area (Å²) in [4.78, 5) is 12.4. The van der Waals surface area contributed by atoms with Crippen molar-refractivity contribution in [2.45, 2.75) is 51.6 Å².